The zero-order valence-corrected chi connectivity index (χ0v) is 11.6. The van der Waals surface area contributed by atoms with Gasteiger partial charge in [0.2, 0.25) is 0 Å². The Balaban J connectivity index is 1.81. The molecule has 0 amide bonds. The molecule has 0 N–H and O–H groups in total. The van der Waals surface area contributed by atoms with Crippen molar-refractivity contribution in [3.8, 4) is 0 Å². The highest BCUT2D eigenvalue weighted by Crippen LogP contribution is 2.36. The fourth-order valence-electron chi connectivity index (χ4n) is 3.54. The minimum atomic E-state index is -0.305. The van der Waals surface area contributed by atoms with Crippen molar-refractivity contribution in [3.63, 3.8) is 0 Å². The van der Waals surface area contributed by atoms with Crippen LogP contribution in [0.3, 0.4) is 0 Å². The maximum atomic E-state index is 12.7. The van der Waals surface area contributed by atoms with E-state index in [0.29, 0.717) is 18.3 Å². The average Bonchev–Trinajstić information content (AvgIpc) is 2.46. The zero-order valence-electron chi connectivity index (χ0n) is 11.6. The van der Waals surface area contributed by atoms with Crippen LogP contribution >= 0.6 is 0 Å². The number of ketones is 1. The van der Waals surface area contributed by atoms with E-state index in [1.165, 1.54) is 18.4 Å². The quantitative estimate of drug-likeness (QED) is 0.808. The predicted octanol–water partition coefficient (Wildman–Crippen LogP) is 3.70. The third-order valence-electron chi connectivity index (χ3n) is 4.59. The van der Waals surface area contributed by atoms with Gasteiger partial charge in [0.15, 0.2) is 5.78 Å². The van der Waals surface area contributed by atoms with Crippen LogP contribution in [0.5, 0.6) is 0 Å². The van der Waals surface area contributed by atoms with Gasteiger partial charge < -0.3 is 4.74 Å². The van der Waals surface area contributed by atoms with Crippen molar-refractivity contribution in [1.82, 2.24) is 0 Å². The lowest BCUT2D eigenvalue weighted by Gasteiger charge is -2.31. The Morgan fingerprint density at radius 1 is 1.26 bits per heavy atom. The molecule has 3 unspecified atom stereocenters. The Kier molecular flexibility index (Phi) is 3.69. The van der Waals surface area contributed by atoms with Crippen LogP contribution < -0.4 is 0 Å². The number of hydrogen-bond donors (Lipinski definition) is 0. The molecule has 2 aliphatic rings. The molecule has 1 aromatic carbocycles. The first-order valence-corrected chi connectivity index (χ1v) is 7.49. The fourth-order valence-corrected chi connectivity index (χ4v) is 3.54. The van der Waals surface area contributed by atoms with E-state index in [1.54, 1.807) is 0 Å². The van der Waals surface area contributed by atoms with E-state index < -0.39 is 0 Å². The Bertz CT molecular complexity index is 466. The van der Waals surface area contributed by atoms with Crippen LogP contribution in [0.2, 0.25) is 0 Å². The SMILES string of the molecule is CC1CCCC(C(=O)C2OCCc3ccccc32)C1. The topological polar surface area (TPSA) is 26.3 Å². The molecule has 0 spiro atoms. The number of hydrogen-bond acceptors (Lipinski definition) is 2. The highest BCUT2D eigenvalue weighted by Gasteiger charge is 2.34. The second kappa shape index (κ2) is 5.46. The van der Waals surface area contributed by atoms with Crippen LogP contribution in [-0.2, 0) is 16.0 Å². The van der Waals surface area contributed by atoms with E-state index in [1.807, 2.05) is 12.1 Å². The zero-order chi connectivity index (χ0) is 13.2. The highest BCUT2D eigenvalue weighted by atomic mass is 16.5. The summed E-state index contributed by atoms with van der Waals surface area (Å²) in [4.78, 5) is 12.7. The van der Waals surface area contributed by atoms with Crippen LogP contribution in [0.25, 0.3) is 0 Å². The fraction of sp³-hybridized carbons (Fsp3) is 0.588. The molecule has 1 heterocycles. The lowest BCUT2D eigenvalue weighted by Crippen LogP contribution is -2.31. The molecule has 0 aromatic heterocycles. The van der Waals surface area contributed by atoms with Crippen molar-refractivity contribution in [1.29, 1.82) is 0 Å². The third-order valence-corrected chi connectivity index (χ3v) is 4.59. The lowest BCUT2D eigenvalue weighted by atomic mass is 9.77. The molecule has 2 heteroatoms. The molecule has 1 saturated carbocycles. The van der Waals surface area contributed by atoms with Gasteiger partial charge in [-0.15, -0.1) is 0 Å². The Labute approximate surface area is 115 Å². The molecule has 1 aliphatic carbocycles. The molecule has 3 rings (SSSR count). The van der Waals surface area contributed by atoms with Crippen molar-refractivity contribution in [2.45, 2.75) is 45.1 Å². The largest absolute Gasteiger partial charge is 0.365 e. The van der Waals surface area contributed by atoms with Crippen LogP contribution in [0.4, 0.5) is 0 Å². The smallest absolute Gasteiger partial charge is 0.169 e. The second-order valence-corrected chi connectivity index (χ2v) is 6.07. The van der Waals surface area contributed by atoms with E-state index in [0.717, 1.165) is 24.8 Å². The highest BCUT2D eigenvalue weighted by molar-refractivity contribution is 5.87. The summed E-state index contributed by atoms with van der Waals surface area (Å²) in [5.74, 6) is 1.21. The van der Waals surface area contributed by atoms with Gasteiger partial charge in [-0.25, -0.2) is 0 Å². The number of fused-ring (bicyclic) bond motifs is 1. The maximum Gasteiger partial charge on any atom is 0.169 e. The third kappa shape index (κ3) is 2.59. The molecular weight excluding hydrogens is 236 g/mol. The summed E-state index contributed by atoms with van der Waals surface area (Å²) in [6, 6.07) is 8.25. The molecule has 3 atom stereocenters. The van der Waals surface area contributed by atoms with Crippen LogP contribution in [-0.4, -0.2) is 12.4 Å². The number of carbonyl (C=O) groups excluding carboxylic acids is 1. The number of ether oxygens (including phenoxy) is 1. The number of carbonyl (C=O) groups is 1. The second-order valence-electron chi connectivity index (χ2n) is 6.07. The minimum Gasteiger partial charge on any atom is -0.365 e. The van der Waals surface area contributed by atoms with Gasteiger partial charge >= 0.3 is 0 Å². The maximum absolute atomic E-state index is 12.7. The van der Waals surface area contributed by atoms with Crippen LogP contribution in [0.1, 0.15) is 49.8 Å². The van der Waals surface area contributed by atoms with Gasteiger partial charge in [0.05, 0.1) is 6.61 Å². The first-order valence-electron chi connectivity index (χ1n) is 7.49. The molecule has 0 saturated heterocycles. The van der Waals surface area contributed by atoms with Crippen molar-refractivity contribution >= 4 is 5.78 Å². The van der Waals surface area contributed by atoms with Crippen molar-refractivity contribution in [2.24, 2.45) is 11.8 Å². The molecular formula is C17H22O2. The van der Waals surface area contributed by atoms with E-state index in [2.05, 4.69) is 19.1 Å². The molecule has 1 aliphatic heterocycles. The summed E-state index contributed by atoms with van der Waals surface area (Å²) in [5, 5.41) is 0. The van der Waals surface area contributed by atoms with Crippen molar-refractivity contribution in [3.05, 3.63) is 35.4 Å². The van der Waals surface area contributed by atoms with Gasteiger partial charge in [0, 0.05) is 5.92 Å². The van der Waals surface area contributed by atoms with Crippen LogP contribution in [0, 0.1) is 11.8 Å². The molecule has 1 fully saturated rings. The summed E-state index contributed by atoms with van der Waals surface area (Å²) >= 11 is 0. The van der Waals surface area contributed by atoms with E-state index in [9.17, 15) is 4.79 Å². The van der Waals surface area contributed by atoms with E-state index in [-0.39, 0.29) is 12.0 Å². The van der Waals surface area contributed by atoms with Crippen LogP contribution in [0.15, 0.2) is 24.3 Å². The summed E-state index contributed by atoms with van der Waals surface area (Å²) in [7, 11) is 0. The van der Waals surface area contributed by atoms with Crippen molar-refractivity contribution in [2.75, 3.05) is 6.61 Å². The molecule has 102 valence electrons. The number of Topliss-reactive ketones (excluding diaryl/α,β-unsaturated/α-hetero) is 1. The molecule has 0 radical (unpaired) electrons. The minimum absolute atomic E-state index is 0.208. The number of rotatable bonds is 2. The average molecular weight is 258 g/mol. The van der Waals surface area contributed by atoms with Gasteiger partial charge in [-0.1, -0.05) is 44.0 Å². The first kappa shape index (κ1) is 12.9. The summed E-state index contributed by atoms with van der Waals surface area (Å²) < 4.78 is 5.81. The van der Waals surface area contributed by atoms with Gasteiger partial charge in [0.25, 0.3) is 0 Å². The number of benzene rings is 1. The van der Waals surface area contributed by atoms with Gasteiger partial charge in [0.1, 0.15) is 6.10 Å². The lowest BCUT2D eigenvalue weighted by molar-refractivity contribution is -0.137. The predicted molar refractivity (Wildman–Crippen MR) is 75.0 cm³/mol. The van der Waals surface area contributed by atoms with E-state index in [4.69, 9.17) is 4.74 Å². The molecule has 19 heavy (non-hydrogen) atoms. The standard InChI is InChI=1S/C17H22O2/c1-12-5-4-7-14(11-12)16(18)17-15-8-3-2-6-13(15)9-10-19-17/h2-3,6,8,12,14,17H,4-5,7,9-11H2,1H3. The molecule has 1 aromatic rings. The van der Waals surface area contributed by atoms with Gasteiger partial charge in [-0.3, -0.25) is 4.79 Å². The van der Waals surface area contributed by atoms with E-state index >= 15 is 0 Å². The summed E-state index contributed by atoms with van der Waals surface area (Å²) in [6.45, 7) is 2.94. The monoisotopic (exact) mass is 258 g/mol. The first-order chi connectivity index (χ1) is 9.25. The Morgan fingerprint density at radius 2 is 2.11 bits per heavy atom. The van der Waals surface area contributed by atoms with Gasteiger partial charge in [-0.2, -0.15) is 0 Å². The normalized spacial score (nSPS) is 30.7. The Morgan fingerprint density at radius 3 is 2.95 bits per heavy atom. The summed E-state index contributed by atoms with van der Waals surface area (Å²) in [6.07, 6.45) is 5.17. The Hall–Kier alpha value is -1.15. The van der Waals surface area contributed by atoms with Gasteiger partial charge in [-0.05, 0) is 36.3 Å². The van der Waals surface area contributed by atoms with Crippen molar-refractivity contribution < 1.29 is 9.53 Å². The molecule has 0 bridgehead atoms. The molecule has 2 nitrogen and oxygen atoms in total. The summed E-state index contributed by atoms with van der Waals surface area (Å²) in [5.41, 5.74) is 2.40.